The molecule has 0 saturated heterocycles. The SMILES string of the molecule is CC(C)Oc1ccc(CNC(=O)C(NC(=O)C(C)CC(=O)N(CCN)CCN)C(O)c2ccc(C(F)(F)F)cc2)cc1. The molecule has 13 heteroatoms. The van der Waals surface area contributed by atoms with Crippen LogP contribution in [0.1, 0.15) is 50.0 Å². The number of rotatable bonds is 15. The fourth-order valence-electron chi connectivity index (χ4n) is 4.06. The molecule has 10 nitrogen and oxygen atoms in total. The van der Waals surface area contributed by atoms with E-state index in [2.05, 4.69) is 10.6 Å². The summed E-state index contributed by atoms with van der Waals surface area (Å²) < 4.78 is 44.7. The van der Waals surface area contributed by atoms with Gasteiger partial charge in [-0.25, -0.2) is 0 Å². The molecule has 232 valence electrons. The van der Waals surface area contributed by atoms with E-state index in [9.17, 15) is 32.7 Å². The van der Waals surface area contributed by atoms with E-state index in [1.807, 2.05) is 13.8 Å². The molecular formula is C29H40F3N5O5. The van der Waals surface area contributed by atoms with Gasteiger partial charge in [0.15, 0.2) is 0 Å². The van der Waals surface area contributed by atoms with Gasteiger partial charge in [0.05, 0.1) is 11.7 Å². The molecule has 7 N–H and O–H groups in total. The van der Waals surface area contributed by atoms with Crippen LogP contribution in [0.5, 0.6) is 5.75 Å². The van der Waals surface area contributed by atoms with Crippen LogP contribution in [0.3, 0.4) is 0 Å². The molecule has 0 radical (unpaired) electrons. The number of carbonyl (C=O) groups excluding carboxylic acids is 3. The summed E-state index contributed by atoms with van der Waals surface area (Å²) in [6, 6.07) is 9.00. The van der Waals surface area contributed by atoms with Crippen molar-refractivity contribution >= 4 is 17.7 Å². The highest BCUT2D eigenvalue weighted by molar-refractivity contribution is 5.91. The first kappa shape index (κ1) is 34.5. The van der Waals surface area contributed by atoms with Gasteiger partial charge < -0.3 is 36.8 Å². The Labute approximate surface area is 243 Å². The number of nitrogens with two attached hydrogens (primary N) is 2. The maximum Gasteiger partial charge on any atom is 0.416 e. The van der Waals surface area contributed by atoms with E-state index in [0.717, 1.165) is 24.3 Å². The summed E-state index contributed by atoms with van der Waals surface area (Å²) in [5, 5.41) is 16.1. The van der Waals surface area contributed by atoms with Crippen LogP contribution in [0.4, 0.5) is 13.2 Å². The maximum atomic E-state index is 13.2. The first-order chi connectivity index (χ1) is 19.8. The zero-order chi connectivity index (χ0) is 31.4. The van der Waals surface area contributed by atoms with Gasteiger partial charge in [0.1, 0.15) is 17.9 Å². The van der Waals surface area contributed by atoms with Crippen LogP contribution >= 0.6 is 0 Å². The van der Waals surface area contributed by atoms with Crippen LogP contribution in [-0.2, 0) is 27.1 Å². The largest absolute Gasteiger partial charge is 0.491 e. The lowest BCUT2D eigenvalue weighted by atomic mass is 9.98. The topological polar surface area (TPSA) is 160 Å². The molecule has 0 aliphatic rings. The molecule has 0 fully saturated rings. The van der Waals surface area contributed by atoms with Crippen LogP contribution in [0.15, 0.2) is 48.5 Å². The van der Waals surface area contributed by atoms with Crippen molar-refractivity contribution in [1.82, 2.24) is 15.5 Å². The van der Waals surface area contributed by atoms with Gasteiger partial charge in [-0.1, -0.05) is 31.2 Å². The Kier molecular flexibility index (Phi) is 13.2. The average molecular weight is 596 g/mol. The number of nitrogens with zero attached hydrogens (tertiary/aromatic N) is 1. The summed E-state index contributed by atoms with van der Waals surface area (Å²) in [4.78, 5) is 40.4. The monoisotopic (exact) mass is 595 g/mol. The highest BCUT2D eigenvalue weighted by atomic mass is 19.4. The first-order valence-corrected chi connectivity index (χ1v) is 13.6. The van der Waals surface area contributed by atoms with Crippen molar-refractivity contribution < 1.29 is 37.4 Å². The van der Waals surface area contributed by atoms with Crippen LogP contribution < -0.4 is 26.8 Å². The van der Waals surface area contributed by atoms with Gasteiger partial charge in [-0.05, 0) is 49.2 Å². The molecule has 0 saturated carbocycles. The highest BCUT2D eigenvalue weighted by Gasteiger charge is 2.34. The number of alkyl halides is 3. The lowest BCUT2D eigenvalue weighted by Crippen LogP contribution is -2.51. The van der Waals surface area contributed by atoms with Crippen molar-refractivity contribution in [2.45, 2.75) is 58.2 Å². The number of aliphatic hydroxyl groups excluding tert-OH is 1. The zero-order valence-corrected chi connectivity index (χ0v) is 24.0. The molecule has 0 aromatic heterocycles. The second-order valence-electron chi connectivity index (χ2n) is 10.1. The number of hydrogen-bond donors (Lipinski definition) is 5. The molecule has 2 aromatic carbocycles. The van der Waals surface area contributed by atoms with E-state index in [-0.39, 0.29) is 56.7 Å². The summed E-state index contributed by atoms with van der Waals surface area (Å²) in [5.74, 6) is -2.10. The van der Waals surface area contributed by atoms with Gasteiger partial charge in [0.25, 0.3) is 0 Å². The summed E-state index contributed by atoms with van der Waals surface area (Å²) in [7, 11) is 0. The molecule has 2 aromatic rings. The third kappa shape index (κ3) is 10.6. The Morgan fingerprint density at radius 2 is 1.50 bits per heavy atom. The van der Waals surface area contributed by atoms with Crippen molar-refractivity contribution in [2.24, 2.45) is 17.4 Å². The molecular weight excluding hydrogens is 555 g/mol. The number of halogens is 3. The Hall–Kier alpha value is -3.68. The average Bonchev–Trinajstić information content (AvgIpc) is 2.94. The molecule has 0 aliphatic heterocycles. The summed E-state index contributed by atoms with van der Waals surface area (Å²) >= 11 is 0. The quantitative estimate of drug-likeness (QED) is 0.211. The Morgan fingerprint density at radius 1 is 0.929 bits per heavy atom. The molecule has 0 aliphatic carbocycles. The minimum absolute atomic E-state index is 0.0144. The van der Waals surface area contributed by atoms with Gasteiger partial charge in [-0.3, -0.25) is 14.4 Å². The van der Waals surface area contributed by atoms with Crippen LogP contribution in [-0.4, -0.2) is 66.1 Å². The fraction of sp³-hybridized carbons (Fsp3) is 0.483. The molecule has 42 heavy (non-hydrogen) atoms. The van der Waals surface area contributed by atoms with Crippen LogP contribution in [0, 0.1) is 5.92 Å². The number of nitrogens with one attached hydrogen (secondary N) is 2. The standard InChI is InChI=1S/C29H40F3N5O5/c1-18(2)42-23-10-4-20(5-11-23)17-35-28(41)25(26(39)21-6-8-22(9-7-21)29(30,31)32)36-27(40)19(3)16-24(38)37(14-12-33)15-13-34/h4-11,18-19,25-26,39H,12-17,33-34H2,1-3H3,(H,35,41)(H,36,40). The van der Waals surface area contributed by atoms with E-state index in [4.69, 9.17) is 16.2 Å². The first-order valence-electron chi connectivity index (χ1n) is 13.6. The molecule has 0 bridgehead atoms. The Bertz CT molecular complexity index is 1150. The molecule has 3 atom stereocenters. The van der Waals surface area contributed by atoms with Crippen molar-refractivity contribution in [3.8, 4) is 5.75 Å². The Balaban J connectivity index is 2.21. The van der Waals surface area contributed by atoms with Gasteiger partial charge in [0, 0.05) is 45.1 Å². The Morgan fingerprint density at radius 3 is 2.00 bits per heavy atom. The minimum Gasteiger partial charge on any atom is -0.491 e. The second kappa shape index (κ2) is 16.1. The summed E-state index contributed by atoms with van der Waals surface area (Å²) in [6.07, 6.45) is -6.50. The lowest BCUT2D eigenvalue weighted by Gasteiger charge is -2.26. The maximum absolute atomic E-state index is 13.2. The van der Waals surface area contributed by atoms with E-state index in [0.29, 0.717) is 11.3 Å². The summed E-state index contributed by atoms with van der Waals surface area (Å²) in [5.41, 5.74) is 10.9. The van der Waals surface area contributed by atoms with Gasteiger partial charge in [-0.2, -0.15) is 13.2 Å². The predicted octanol–water partition coefficient (Wildman–Crippen LogP) is 2.10. The molecule has 0 spiro atoms. The molecule has 3 unspecified atom stereocenters. The van der Waals surface area contributed by atoms with E-state index >= 15 is 0 Å². The predicted molar refractivity (Wildman–Crippen MR) is 151 cm³/mol. The van der Waals surface area contributed by atoms with Crippen molar-refractivity contribution in [1.29, 1.82) is 0 Å². The van der Waals surface area contributed by atoms with Crippen molar-refractivity contribution in [3.05, 3.63) is 65.2 Å². The van der Waals surface area contributed by atoms with E-state index < -0.39 is 41.6 Å². The molecule has 2 rings (SSSR count). The van der Waals surface area contributed by atoms with Crippen LogP contribution in [0.2, 0.25) is 0 Å². The van der Waals surface area contributed by atoms with Gasteiger partial charge >= 0.3 is 6.18 Å². The number of amides is 3. The van der Waals surface area contributed by atoms with Crippen molar-refractivity contribution in [2.75, 3.05) is 26.2 Å². The van der Waals surface area contributed by atoms with Crippen LogP contribution in [0.25, 0.3) is 0 Å². The fourth-order valence-corrected chi connectivity index (χ4v) is 4.06. The number of hydrogen-bond acceptors (Lipinski definition) is 7. The van der Waals surface area contributed by atoms with Gasteiger partial charge in [-0.15, -0.1) is 0 Å². The van der Waals surface area contributed by atoms with Gasteiger partial charge in [0.2, 0.25) is 17.7 Å². The van der Waals surface area contributed by atoms with Crippen molar-refractivity contribution in [3.63, 3.8) is 0 Å². The summed E-state index contributed by atoms with van der Waals surface area (Å²) in [6.45, 7) is 6.22. The number of aliphatic hydroxyl groups is 1. The zero-order valence-electron chi connectivity index (χ0n) is 24.0. The number of carbonyl (C=O) groups is 3. The third-order valence-electron chi connectivity index (χ3n) is 6.32. The lowest BCUT2D eigenvalue weighted by molar-refractivity contribution is -0.138. The number of benzene rings is 2. The van der Waals surface area contributed by atoms with E-state index in [1.54, 1.807) is 24.3 Å². The van der Waals surface area contributed by atoms with E-state index in [1.165, 1.54) is 11.8 Å². The third-order valence-corrected chi connectivity index (χ3v) is 6.32. The molecule has 3 amide bonds. The number of ether oxygens (including phenoxy) is 1. The second-order valence-corrected chi connectivity index (χ2v) is 10.1. The minimum atomic E-state index is -4.59. The highest BCUT2D eigenvalue weighted by Crippen LogP contribution is 2.30. The normalized spacial score (nSPS) is 13.7. The molecule has 0 heterocycles. The smallest absolute Gasteiger partial charge is 0.416 e.